The maximum Gasteiger partial charge on any atom is 0.255 e. The van der Waals surface area contributed by atoms with Crippen molar-refractivity contribution in [3.05, 3.63) is 47.3 Å². The molecule has 1 saturated carbocycles. The molecule has 2 aromatic heterocycles. The lowest BCUT2D eigenvalue weighted by Crippen LogP contribution is -2.47. The van der Waals surface area contributed by atoms with Crippen LogP contribution in [0.15, 0.2) is 30.5 Å². The summed E-state index contributed by atoms with van der Waals surface area (Å²) in [6.45, 7) is 6.02. The number of aryl methyl sites for hydroxylation is 2. The highest BCUT2D eigenvalue weighted by Crippen LogP contribution is 2.38. The Hall–Kier alpha value is -3.39. The van der Waals surface area contributed by atoms with Crippen molar-refractivity contribution < 1.29 is 19.1 Å². The standard InChI is InChI=1S/C28H34N4O4/c1-17-4-7-23(36-15-19-5-6-19)22(14-17)21-8-11-29-27-25(18(2)30-26(21)27)28(34)31-20-9-12-32(13-10-20)24(33)16-35-3/h4,7-8,11,14,19-20,30H,5-6,9-10,12-13,15-16H2,1-3H3,(H,31,34). The van der Waals surface area contributed by atoms with Crippen molar-refractivity contribution in [1.29, 1.82) is 0 Å². The number of likely N-dealkylation sites (tertiary alicyclic amines) is 1. The maximum atomic E-state index is 13.4. The highest BCUT2D eigenvalue weighted by molar-refractivity contribution is 6.09. The molecule has 8 nitrogen and oxygen atoms in total. The molecule has 0 atom stereocenters. The molecular weight excluding hydrogens is 456 g/mol. The number of fused-ring (bicyclic) bond motifs is 1. The number of piperidine rings is 1. The van der Waals surface area contributed by atoms with Crippen molar-refractivity contribution >= 4 is 22.8 Å². The van der Waals surface area contributed by atoms with Gasteiger partial charge in [0.05, 0.1) is 17.7 Å². The third-order valence-corrected chi connectivity index (χ3v) is 7.15. The van der Waals surface area contributed by atoms with Crippen LogP contribution in [0.3, 0.4) is 0 Å². The Morgan fingerprint density at radius 3 is 2.61 bits per heavy atom. The summed E-state index contributed by atoms with van der Waals surface area (Å²) in [4.78, 5) is 35.3. The van der Waals surface area contributed by atoms with Crippen LogP contribution in [0.5, 0.6) is 5.75 Å². The molecule has 1 aromatic carbocycles. The first-order chi connectivity index (χ1) is 17.4. The minimum absolute atomic E-state index is 0.0100. The maximum absolute atomic E-state index is 13.4. The van der Waals surface area contributed by atoms with Crippen molar-refractivity contribution in [3.8, 4) is 16.9 Å². The van der Waals surface area contributed by atoms with Gasteiger partial charge in [-0.3, -0.25) is 14.6 Å². The number of nitrogens with zero attached hydrogens (tertiary/aromatic N) is 2. The summed E-state index contributed by atoms with van der Waals surface area (Å²) in [6.07, 6.45) is 5.65. The zero-order valence-corrected chi connectivity index (χ0v) is 21.2. The van der Waals surface area contributed by atoms with E-state index in [0.717, 1.165) is 40.3 Å². The van der Waals surface area contributed by atoms with E-state index >= 15 is 0 Å². The number of hydrogen-bond donors (Lipinski definition) is 2. The molecule has 0 bridgehead atoms. The molecule has 5 rings (SSSR count). The Morgan fingerprint density at radius 1 is 1.11 bits per heavy atom. The van der Waals surface area contributed by atoms with E-state index in [0.29, 0.717) is 42.9 Å². The van der Waals surface area contributed by atoms with E-state index in [1.54, 1.807) is 11.1 Å². The molecule has 0 unspecified atom stereocenters. The lowest BCUT2D eigenvalue weighted by molar-refractivity contribution is -0.136. The van der Waals surface area contributed by atoms with E-state index in [1.807, 2.05) is 19.1 Å². The number of nitrogens with one attached hydrogen (secondary N) is 2. The number of amides is 2. The van der Waals surface area contributed by atoms with E-state index in [-0.39, 0.29) is 24.5 Å². The van der Waals surface area contributed by atoms with Crippen LogP contribution in [0, 0.1) is 19.8 Å². The average molecular weight is 491 g/mol. The van der Waals surface area contributed by atoms with Crippen LogP contribution in [0.4, 0.5) is 0 Å². The van der Waals surface area contributed by atoms with Gasteiger partial charge in [-0.2, -0.15) is 0 Å². The molecule has 190 valence electrons. The van der Waals surface area contributed by atoms with Crippen molar-refractivity contribution in [2.24, 2.45) is 5.92 Å². The number of carbonyl (C=O) groups is 2. The predicted molar refractivity (Wildman–Crippen MR) is 138 cm³/mol. The largest absolute Gasteiger partial charge is 0.493 e. The fourth-order valence-electron chi connectivity index (χ4n) is 4.93. The summed E-state index contributed by atoms with van der Waals surface area (Å²) in [7, 11) is 1.52. The van der Waals surface area contributed by atoms with Crippen molar-refractivity contribution in [2.45, 2.75) is 45.6 Å². The zero-order chi connectivity index (χ0) is 25.2. The Labute approximate surface area is 211 Å². The number of hydrogen-bond acceptors (Lipinski definition) is 5. The van der Waals surface area contributed by atoms with Crippen molar-refractivity contribution in [1.82, 2.24) is 20.2 Å². The summed E-state index contributed by atoms with van der Waals surface area (Å²) in [5.74, 6) is 1.36. The Bertz CT molecular complexity index is 1270. The van der Waals surface area contributed by atoms with Gasteiger partial charge in [-0.25, -0.2) is 0 Å². The first-order valence-electron chi connectivity index (χ1n) is 12.7. The van der Waals surface area contributed by atoms with Gasteiger partial charge in [0, 0.05) is 49.3 Å². The molecule has 1 aliphatic carbocycles. The second-order valence-electron chi connectivity index (χ2n) is 10.0. The van der Waals surface area contributed by atoms with E-state index < -0.39 is 0 Å². The molecule has 2 aliphatic rings. The number of carbonyl (C=O) groups excluding carboxylic acids is 2. The van der Waals surface area contributed by atoms with Gasteiger partial charge in [-0.1, -0.05) is 11.6 Å². The van der Waals surface area contributed by atoms with E-state index in [9.17, 15) is 9.59 Å². The fraction of sp³-hybridized carbons (Fsp3) is 0.464. The van der Waals surface area contributed by atoms with Gasteiger partial charge in [-0.05, 0) is 63.6 Å². The summed E-state index contributed by atoms with van der Waals surface area (Å²) in [5, 5.41) is 3.17. The van der Waals surface area contributed by atoms with Gasteiger partial charge in [0.2, 0.25) is 5.91 Å². The van der Waals surface area contributed by atoms with Crippen LogP contribution in [0.25, 0.3) is 22.2 Å². The molecule has 1 aliphatic heterocycles. The van der Waals surface area contributed by atoms with Crippen LogP contribution < -0.4 is 10.1 Å². The van der Waals surface area contributed by atoms with Gasteiger partial charge < -0.3 is 24.7 Å². The van der Waals surface area contributed by atoms with Gasteiger partial charge >= 0.3 is 0 Å². The average Bonchev–Trinajstić information content (AvgIpc) is 3.63. The van der Waals surface area contributed by atoms with Gasteiger partial charge in [0.15, 0.2) is 0 Å². The van der Waals surface area contributed by atoms with Crippen LogP contribution >= 0.6 is 0 Å². The van der Waals surface area contributed by atoms with Gasteiger partial charge in [0.1, 0.15) is 17.9 Å². The highest BCUT2D eigenvalue weighted by Gasteiger charge is 2.27. The van der Waals surface area contributed by atoms with Crippen molar-refractivity contribution in [2.75, 3.05) is 33.4 Å². The molecule has 8 heteroatoms. The Balaban J connectivity index is 1.38. The number of rotatable bonds is 8. The van der Waals surface area contributed by atoms with Gasteiger partial charge in [0.25, 0.3) is 5.91 Å². The fourth-order valence-corrected chi connectivity index (χ4v) is 4.93. The first-order valence-corrected chi connectivity index (χ1v) is 12.7. The monoisotopic (exact) mass is 490 g/mol. The summed E-state index contributed by atoms with van der Waals surface area (Å²) in [5.41, 5.74) is 5.96. The number of aromatic nitrogens is 2. The van der Waals surface area contributed by atoms with Crippen LogP contribution in [-0.4, -0.2) is 66.1 Å². The van der Waals surface area contributed by atoms with E-state index in [1.165, 1.54) is 20.0 Å². The second-order valence-corrected chi connectivity index (χ2v) is 10.0. The molecule has 2 fully saturated rings. The SMILES string of the molecule is COCC(=O)N1CCC(NC(=O)c2c(C)[nH]c3c(-c4cc(C)ccc4OCC4CC4)ccnc23)CC1. The molecule has 0 radical (unpaired) electrons. The minimum Gasteiger partial charge on any atom is -0.493 e. The summed E-state index contributed by atoms with van der Waals surface area (Å²) in [6, 6.07) is 8.22. The normalized spacial score (nSPS) is 16.4. The Morgan fingerprint density at radius 2 is 1.89 bits per heavy atom. The van der Waals surface area contributed by atoms with Crippen molar-refractivity contribution in [3.63, 3.8) is 0 Å². The molecular formula is C28H34N4O4. The molecule has 3 heterocycles. The van der Waals surface area contributed by atoms with Crippen LogP contribution in [0.2, 0.25) is 0 Å². The molecule has 0 spiro atoms. The molecule has 36 heavy (non-hydrogen) atoms. The van der Waals surface area contributed by atoms with Gasteiger partial charge in [-0.15, -0.1) is 0 Å². The topological polar surface area (TPSA) is 96.6 Å². The number of methoxy groups -OCH3 is 1. The quantitative estimate of drug-likeness (QED) is 0.498. The van der Waals surface area contributed by atoms with Crippen LogP contribution in [-0.2, 0) is 9.53 Å². The number of aromatic amines is 1. The minimum atomic E-state index is -0.139. The van der Waals surface area contributed by atoms with Crippen LogP contribution in [0.1, 0.15) is 47.3 Å². The number of pyridine rings is 1. The lowest BCUT2D eigenvalue weighted by Gasteiger charge is -2.32. The second kappa shape index (κ2) is 10.3. The highest BCUT2D eigenvalue weighted by atomic mass is 16.5. The third-order valence-electron chi connectivity index (χ3n) is 7.15. The molecule has 3 aromatic rings. The predicted octanol–water partition coefficient (Wildman–Crippen LogP) is 4.00. The third kappa shape index (κ3) is 5.09. The smallest absolute Gasteiger partial charge is 0.255 e. The lowest BCUT2D eigenvalue weighted by atomic mass is 10.0. The summed E-state index contributed by atoms with van der Waals surface area (Å²) >= 11 is 0. The number of ether oxygens (including phenoxy) is 2. The first kappa shape index (κ1) is 24.3. The molecule has 2 N–H and O–H groups in total. The number of benzene rings is 1. The molecule has 1 saturated heterocycles. The number of H-pyrrole nitrogens is 1. The summed E-state index contributed by atoms with van der Waals surface area (Å²) < 4.78 is 11.1. The Kier molecular flexibility index (Phi) is 6.96. The zero-order valence-electron chi connectivity index (χ0n) is 21.2. The molecule has 2 amide bonds. The van der Waals surface area contributed by atoms with E-state index in [4.69, 9.17) is 9.47 Å². The van der Waals surface area contributed by atoms with E-state index in [2.05, 4.69) is 34.3 Å².